The number of nitrogens with zero attached hydrogens (tertiary/aromatic N) is 2. The smallest absolute Gasteiger partial charge is 0.319 e. The summed E-state index contributed by atoms with van der Waals surface area (Å²) in [7, 11) is -3.33. The zero-order chi connectivity index (χ0) is 14.9. The highest BCUT2D eigenvalue weighted by Crippen LogP contribution is 2.26. The Hall–Kier alpha value is -2.00. The first-order valence-corrected chi connectivity index (χ1v) is 7.40. The number of nitro groups is 1. The molecule has 1 aromatic heterocycles. The molecule has 1 N–H and O–H groups in total. The van der Waals surface area contributed by atoms with Gasteiger partial charge in [-0.25, -0.2) is 13.4 Å². The number of aromatic nitrogens is 1. The summed E-state index contributed by atoms with van der Waals surface area (Å²) < 4.78 is 22.4. The maximum absolute atomic E-state index is 12.0. The molecule has 0 saturated heterocycles. The van der Waals surface area contributed by atoms with E-state index in [9.17, 15) is 23.3 Å². The van der Waals surface area contributed by atoms with Gasteiger partial charge in [0.15, 0.2) is 9.84 Å². The Balaban J connectivity index is 2.25. The number of hydrogen-bond acceptors (Lipinski definition) is 6. The van der Waals surface area contributed by atoms with Gasteiger partial charge in [-0.2, -0.15) is 0 Å². The summed E-state index contributed by atoms with van der Waals surface area (Å²) in [6, 6.07) is 0.422. The van der Waals surface area contributed by atoms with E-state index in [-0.39, 0.29) is 11.3 Å². The van der Waals surface area contributed by atoms with Gasteiger partial charge in [0.2, 0.25) is 5.15 Å². The second-order valence-electron chi connectivity index (χ2n) is 3.99. The topological polar surface area (TPSA) is 119 Å². The number of rotatable bonds is 3. The molecule has 10 heteroatoms. The molecule has 0 aliphatic carbocycles. The van der Waals surface area contributed by atoms with Crippen LogP contribution in [0.1, 0.15) is 10.4 Å². The molecule has 1 unspecified atom stereocenters. The van der Waals surface area contributed by atoms with Gasteiger partial charge in [-0.1, -0.05) is 11.6 Å². The molecular weight excluding hydrogens is 310 g/mol. The second kappa shape index (κ2) is 5.17. The molecule has 0 radical (unpaired) electrons. The van der Waals surface area contributed by atoms with E-state index in [1.165, 1.54) is 6.08 Å². The van der Waals surface area contributed by atoms with Gasteiger partial charge in [0, 0.05) is 11.6 Å². The van der Waals surface area contributed by atoms with Gasteiger partial charge < -0.3 is 5.32 Å². The molecule has 1 atom stereocenters. The summed E-state index contributed by atoms with van der Waals surface area (Å²) in [6.45, 7) is 0. The first-order chi connectivity index (χ1) is 9.30. The maximum atomic E-state index is 12.0. The molecule has 20 heavy (non-hydrogen) atoms. The molecular formula is C10H8ClN3O5S. The van der Waals surface area contributed by atoms with Gasteiger partial charge in [0.1, 0.15) is 5.56 Å². The van der Waals surface area contributed by atoms with Crippen LogP contribution in [0.5, 0.6) is 0 Å². The number of hydrogen-bond donors (Lipinski definition) is 1. The normalized spacial score (nSPS) is 19.8. The molecule has 1 aliphatic rings. The second-order valence-corrected chi connectivity index (χ2v) is 6.28. The summed E-state index contributed by atoms with van der Waals surface area (Å²) in [4.78, 5) is 25.6. The quantitative estimate of drug-likeness (QED) is 0.497. The molecule has 0 aromatic carbocycles. The fraction of sp³-hybridized carbons (Fsp3) is 0.200. The molecule has 2 heterocycles. The average Bonchev–Trinajstić information content (AvgIpc) is 2.67. The SMILES string of the molecule is O=C(NC1C=CS(=O)(=O)C1)c1ccnc(Cl)c1[N+](=O)[O-]. The van der Waals surface area contributed by atoms with Crippen molar-refractivity contribution in [1.29, 1.82) is 0 Å². The van der Waals surface area contributed by atoms with Crippen LogP contribution in [-0.2, 0) is 9.84 Å². The van der Waals surface area contributed by atoms with Crippen molar-refractivity contribution in [3.63, 3.8) is 0 Å². The Morgan fingerprint density at radius 3 is 2.80 bits per heavy atom. The zero-order valence-electron chi connectivity index (χ0n) is 9.82. The predicted molar refractivity (Wildman–Crippen MR) is 70.1 cm³/mol. The van der Waals surface area contributed by atoms with Crippen molar-refractivity contribution < 1.29 is 18.1 Å². The number of halogens is 1. The number of pyridine rings is 1. The predicted octanol–water partition coefficient (Wildman–Crippen LogP) is 0.684. The number of carbonyl (C=O) groups excluding carboxylic acids is 1. The zero-order valence-corrected chi connectivity index (χ0v) is 11.4. The van der Waals surface area contributed by atoms with Gasteiger partial charge in [-0.15, -0.1) is 0 Å². The minimum Gasteiger partial charge on any atom is -0.345 e. The molecule has 1 aromatic rings. The fourth-order valence-electron chi connectivity index (χ4n) is 1.70. The Kier molecular flexibility index (Phi) is 3.73. The Morgan fingerprint density at radius 2 is 2.25 bits per heavy atom. The highest BCUT2D eigenvalue weighted by atomic mass is 35.5. The van der Waals surface area contributed by atoms with Crippen LogP contribution in [0.4, 0.5) is 5.69 Å². The van der Waals surface area contributed by atoms with Crippen LogP contribution in [-0.4, -0.2) is 36.0 Å². The van der Waals surface area contributed by atoms with Crippen molar-refractivity contribution in [2.45, 2.75) is 6.04 Å². The summed E-state index contributed by atoms with van der Waals surface area (Å²) in [5, 5.41) is 13.8. The first-order valence-electron chi connectivity index (χ1n) is 5.31. The number of amides is 1. The van der Waals surface area contributed by atoms with E-state index < -0.39 is 37.6 Å². The third-order valence-electron chi connectivity index (χ3n) is 2.55. The molecule has 0 saturated carbocycles. The highest BCUT2D eigenvalue weighted by Gasteiger charge is 2.28. The molecule has 8 nitrogen and oxygen atoms in total. The van der Waals surface area contributed by atoms with Crippen LogP contribution in [0.2, 0.25) is 5.15 Å². The maximum Gasteiger partial charge on any atom is 0.319 e. The van der Waals surface area contributed by atoms with Crippen LogP contribution < -0.4 is 5.32 Å². The van der Waals surface area contributed by atoms with E-state index in [0.717, 1.165) is 17.7 Å². The van der Waals surface area contributed by atoms with Gasteiger partial charge in [-0.05, 0) is 12.1 Å². The van der Waals surface area contributed by atoms with Crippen LogP contribution in [0, 0.1) is 10.1 Å². The standard InChI is InChI=1S/C10H8ClN3O5S/c11-9-8(14(16)17)7(1-3-12-9)10(15)13-6-2-4-20(18,19)5-6/h1-4,6H,5H2,(H,13,15). The lowest BCUT2D eigenvalue weighted by Gasteiger charge is -2.10. The van der Waals surface area contributed by atoms with Crippen molar-refractivity contribution in [3.8, 4) is 0 Å². The minimum atomic E-state index is -3.33. The van der Waals surface area contributed by atoms with Crippen molar-refractivity contribution in [3.05, 3.63) is 44.6 Å². The van der Waals surface area contributed by atoms with Crippen LogP contribution in [0.3, 0.4) is 0 Å². The van der Waals surface area contributed by atoms with Crippen molar-refractivity contribution >= 4 is 33.0 Å². The number of sulfone groups is 1. The van der Waals surface area contributed by atoms with Crippen LogP contribution in [0.25, 0.3) is 0 Å². The van der Waals surface area contributed by atoms with E-state index >= 15 is 0 Å². The molecule has 0 bridgehead atoms. The van der Waals surface area contributed by atoms with E-state index in [1.807, 2.05) is 0 Å². The van der Waals surface area contributed by atoms with Crippen LogP contribution in [0.15, 0.2) is 23.7 Å². The number of carbonyl (C=O) groups is 1. The molecule has 106 valence electrons. The molecule has 2 rings (SSSR count). The lowest BCUT2D eigenvalue weighted by Crippen LogP contribution is -2.35. The summed E-state index contributed by atoms with van der Waals surface area (Å²) in [6.07, 6.45) is 2.47. The third-order valence-corrected chi connectivity index (χ3v) is 4.23. The van der Waals surface area contributed by atoms with E-state index in [1.54, 1.807) is 0 Å². The van der Waals surface area contributed by atoms with E-state index in [4.69, 9.17) is 11.6 Å². The minimum absolute atomic E-state index is 0.271. The van der Waals surface area contributed by atoms with Gasteiger partial charge in [-0.3, -0.25) is 14.9 Å². The fourth-order valence-corrected chi connectivity index (χ4v) is 3.16. The molecule has 1 aliphatic heterocycles. The Labute approximate surface area is 118 Å². The van der Waals surface area contributed by atoms with Gasteiger partial charge >= 0.3 is 5.69 Å². The summed E-state index contributed by atoms with van der Waals surface area (Å²) in [5.74, 6) is -1.06. The van der Waals surface area contributed by atoms with E-state index in [0.29, 0.717) is 0 Å². The largest absolute Gasteiger partial charge is 0.345 e. The monoisotopic (exact) mass is 317 g/mol. The third kappa shape index (κ3) is 2.94. The summed E-state index contributed by atoms with van der Waals surface area (Å²) in [5.41, 5.74) is -0.885. The van der Waals surface area contributed by atoms with Crippen LogP contribution >= 0.6 is 11.6 Å². The molecule has 0 spiro atoms. The first kappa shape index (κ1) is 14.4. The highest BCUT2D eigenvalue weighted by molar-refractivity contribution is 7.94. The lowest BCUT2D eigenvalue weighted by atomic mass is 10.2. The Bertz CT molecular complexity index is 716. The summed E-state index contributed by atoms with van der Waals surface area (Å²) >= 11 is 5.59. The van der Waals surface area contributed by atoms with Gasteiger partial charge in [0.25, 0.3) is 5.91 Å². The average molecular weight is 318 g/mol. The van der Waals surface area contributed by atoms with Crippen molar-refractivity contribution in [2.75, 3.05) is 5.75 Å². The Morgan fingerprint density at radius 1 is 1.55 bits per heavy atom. The van der Waals surface area contributed by atoms with Crippen molar-refractivity contribution in [2.24, 2.45) is 0 Å². The van der Waals surface area contributed by atoms with Gasteiger partial charge in [0.05, 0.1) is 16.7 Å². The van der Waals surface area contributed by atoms with E-state index in [2.05, 4.69) is 10.3 Å². The lowest BCUT2D eigenvalue weighted by molar-refractivity contribution is -0.385. The number of nitrogens with one attached hydrogen (secondary N) is 1. The van der Waals surface area contributed by atoms with Crippen molar-refractivity contribution in [1.82, 2.24) is 10.3 Å². The molecule has 0 fully saturated rings. The molecule has 1 amide bonds.